The van der Waals surface area contributed by atoms with E-state index in [1.54, 1.807) is 37.4 Å². The molecule has 25 heavy (non-hydrogen) atoms. The molecule has 132 valence electrons. The molecule has 0 aliphatic heterocycles. The van der Waals surface area contributed by atoms with Gasteiger partial charge in [0.25, 0.3) is 11.8 Å². The quantitative estimate of drug-likeness (QED) is 0.498. The van der Waals surface area contributed by atoms with E-state index in [0.29, 0.717) is 30.0 Å². The minimum Gasteiger partial charge on any atom is -0.385 e. The highest BCUT2D eigenvalue weighted by atomic mass is 127. The molecule has 2 aromatic rings. The topological polar surface area (TPSA) is 67.4 Å². The van der Waals surface area contributed by atoms with Crippen molar-refractivity contribution in [2.75, 3.05) is 25.6 Å². The lowest BCUT2D eigenvalue weighted by Gasteiger charge is -2.09. The summed E-state index contributed by atoms with van der Waals surface area (Å²) in [5.41, 5.74) is 2.81. The fourth-order valence-corrected chi connectivity index (χ4v) is 2.71. The normalized spacial score (nSPS) is 10.4. The van der Waals surface area contributed by atoms with Crippen LogP contribution in [0.2, 0.25) is 0 Å². The molecule has 0 atom stereocenters. The van der Waals surface area contributed by atoms with Crippen LogP contribution >= 0.6 is 22.6 Å². The van der Waals surface area contributed by atoms with E-state index < -0.39 is 0 Å². The molecule has 0 heterocycles. The zero-order valence-corrected chi connectivity index (χ0v) is 16.4. The zero-order chi connectivity index (χ0) is 18.2. The van der Waals surface area contributed by atoms with Crippen LogP contribution in [-0.4, -0.2) is 32.1 Å². The molecule has 0 radical (unpaired) electrons. The smallest absolute Gasteiger partial charge is 0.255 e. The van der Waals surface area contributed by atoms with E-state index in [1.165, 1.54) is 0 Å². The summed E-state index contributed by atoms with van der Waals surface area (Å²) in [6.07, 6.45) is 0.755. The van der Waals surface area contributed by atoms with E-state index in [2.05, 4.69) is 33.2 Å². The van der Waals surface area contributed by atoms with Crippen molar-refractivity contribution < 1.29 is 14.3 Å². The van der Waals surface area contributed by atoms with Crippen LogP contribution in [0.3, 0.4) is 0 Å². The average molecular weight is 452 g/mol. The minimum atomic E-state index is -0.199. The van der Waals surface area contributed by atoms with Gasteiger partial charge in [0.15, 0.2) is 0 Å². The highest BCUT2D eigenvalue weighted by Gasteiger charge is 2.10. The Balaban J connectivity index is 2.01. The molecule has 0 bridgehead atoms. The molecule has 0 saturated heterocycles. The molecule has 0 aromatic heterocycles. The number of anilines is 1. The number of amides is 2. The lowest BCUT2D eigenvalue weighted by Crippen LogP contribution is -2.25. The number of hydrogen-bond acceptors (Lipinski definition) is 3. The van der Waals surface area contributed by atoms with Crippen LogP contribution < -0.4 is 10.6 Å². The van der Waals surface area contributed by atoms with Gasteiger partial charge < -0.3 is 15.4 Å². The molecule has 0 fully saturated rings. The van der Waals surface area contributed by atoms with Crippen LogP contribution in [-0.2, 0) is 4.74 Å². The average Bonchev–Trinajstić information content (AvgIpc) is 2.61. The van der Waals surface area contributed by atoms with Gasteiger partial charge >= 0.3 is 0 Å². The molecule has 0 spiro atoms. The summed E-state index contributed by atoms with van der Waals surface area (Å²) >= 11 is 2.21. The Morgan fingerprint density at radius 2 is 1.84 bits per heavy atom. The number of aryl methyl sites for hydroxylation is 1. The molecule has 2 rings (SSSR count). The van der Waals surface area contributed by atoms with Crippen molar-refractivity contribution in [1.29, 1.82) is 0 Å². The van der Waals surface area contributed by atoms with Crippen molar-refractivity contribution in [3.8, 4) is 0 Å². The first kappa shape index (κ1) is 19.4. The van der Waals surface area contributed by atoms with E-state index in [0.717, 1.165) is 15.6 Å². The largest absolute Gasteiger partial charge is 0.385 e. The molecule has 0 aliphatic carbocycles. The van der Waals surface area contributed by atoms with Crippen molar-refractivity contribution >= 4 is 40.1 Å². The molecule has 0 saturated carbocycles. The van der Waals surface area contributed by atoms with Crippen molar-refractivity contribution in [3.63, 3.8) is 0 Å². The number of benzene rings is 2. The second-order valence-electron chi connectivity index (χ2n) is 5.60. The lowest BCUT2D eigenvalue weighted by molar-refractivity contribution is 0.0947. The maximum Gasteiger partial charge on any atom is 0.255 e. The Morgan fingerprint density at radius 1 is 1.08 bits per heavy atom. The van der Waals surface area contributed by atoms with Crippen molar-refractivity contribution in [2.24, 2.45) is 0 Å². The number of carbonyl (C=O) groups is 2. The molecule has 0 unspecified atom stereocenters. The van der Waals surface area contributed by atoms with Gasteiger partial charge in [0, 0.05) is 40.6 Å². The SMILES string of the molecule is COCCCNC(=O)c1cccc(NC(=O)c2ccc(C)c(I)c2)c1. The molecular weight excluding hydrogens is 431 g/mol. The third-order valence-corrected chi connectivity index (χ3v) is 4.79. The van der Waals surface area contributed by atoms with Crippen LogP contribution in [0.4, 0.5) is 5.69 Å². The van der Waals surface area contributed by atoms with Gasteiger partial charge in [0.1, 0.15) is 0 Å². The molecule has 2 amide bonds. The van der Waals surface area contributed by atoms with Gasteiger partial charge in [-0.2, -0.15) is 0 Å². The van der Waals surface area contributed by atoms with E-state index in [-0.39, 0.29) is 11.8 Å². The van der Waals surface area contributed by atoms with Crippen LogP contribution in [0.5, 0.6) is 0 Å². The number of halogens is 1. The molecule has 2 N–H and O–H groups in total. The molecule has 0 aliphatic rings. The van der Waals surface area contributed by atoms with Gasteiger partial charge in [0.05, 0.1) is 0 Å². The monoisotopic (exact) mass is 452 g/mol. The van der Waals surface area contributed by atoms with E-state index in [9.17, 15) is 9.59 Å². The van der Waals surface area contributed by atoms with Gasteiger partial charge in [-0.25, -0.2) is 0 Å². The maximum atomic E-state index is 12.4. The second-order valence-corrected chi connectivity index (χ2v) is 6.76. The van der Waals surface area contributed by atoms with Gasteiger partial charge in [-0.15, -0.1) is 0 Å². The van der Waals surface area contributed by atoms with E-state index in [1.807, 2.05) is 19.1 Å². The first-order chi connectivity index (χ1) is 12.0. The Labute approximate surface area is 161 Å². The summed E-state index contributed by atoms with van der Waals surface area (Å²) in [6, 6.07) is 12.5. The second kappa shape index (κ2) is 9.53. The fourth-order valence-electron chi connectivity index (χ4n) is 2.20. The van der Waals surface area contributed by atoms with Crippen molar-refractivity contribution in [2.45, 2.75) is 13.3 Å². The van der Waals surface area contributed by atoms with E-state index >= 15 is 0 Å². The molecule has 2 aromatic carbocycles. The van der Waals surface area contributed by atoms with Crippen LogP contribution in [0.15, 0.2) is 42.5 Å². The van der Waals surface area contributed by atoms with Crippen molar-refractivity contribution in [3.05, 3.63) is 62.7 Å². The Morgan fingerprint density at radius 3 is 2.56 bits per heavy atom. The predicted octanol–water partition coefficient (Wildman–Crippen LogP) is 3.62. The Bertz CT molecular complexity index is 762. The zero-order valence-electron chi connectivity index (χ0n) is 14.3. The molecule has 5 nitrogen and oxygen atoms in total. The first-order valence-corrected chi connectivity index (χ1v) is 9.04. The fraction of sp³-hybridized carbons (Fsp3) is 0.263. The Hall–Kier alpha value is -1.93. The van der Waals surface area contributed by atoms with Crippen molar-refractivity contribution in [1.82, 2.24) is 5.32 Å². The van der Waals surface area contributed by atoms with Crippen LogP contribution in [0.1, 0.15) is 32.7 Å². The minimum absolute atomic E-state index is 0.169. The third-order valence-electron chi connectivity index (χ3n) is 3.63. The third kappa shape index (κ3) is 5.82. The summed E-state index contributed by atoms with van der Waals surface area (Å²) in [5, 5.41) is 5.66. The van der Waals surface area contributed by atoms with Crippen LogP contribution in [0, 0.1) is 10.5 Å². The maximum absolute atomic E-state index is 12.4. The highest BCUT2D eigenvalue weighted by Crippen LogP contribution is 2.16. The van der Waals surface area contributed by atoms with Crippen LogP contribution in [0.25, 0.3) is 0 Å². The highest BCUT2D eigenvalue weighted by molar-refractivity contribution is 14.1. The van der Waals surface area contributed by atoms with Gasteiger partial charge in [0.2, 0.25) is 0 Å². The van der Waals surface area contributed by atoms with Gasteiger partial charge in [-0.3, -0.25) is 9.59 Å². The summed E-state index contributed by atoms with van der Waals surface area (Å²) < 4.78 is 5.99. The summed E-state index contributed by atoms with van der Waals surface area (Å²) in [4.78, 5) is 24.5. The number of carbonyl (C=O) groups excluding carboxylic acids is 2. The van der Waals surface area contributed by atoms with Gasteiger partial charge in [-0.05, 0) is 71.8 Å². The van der Waals surface area contributed by atoms with Gasteiger partial charge in [-0.1, -0.05) is 12.1 Å². The number of hydrogen-bond donors (Lipinski definition) is 2. The lowest BCUT2D eigenvalue weighted by atomic mass is 10.1. The Kier molecular flexibility index (Phi) is 7.39. The standard InChI is InChI=1S/C19H21IN2O3/c1-13-7-8-15(12-17(13)20)19(24)22-16-6-3-5-14(11-16)18(23)21-9-4-10-25-2/h3,5-8,11-12H,4,9-10H2,1-2H3,(H,21,23)(H,22,24). The summed E-state index contributed by atoms with van der Waals surface area (Å²) in [7, 11) is 1.63. The number of nitrogens with one attached hydrogen (secondary N) is 2. The number of rotatable bonds is 7. The molecular formula is C19H21IN2O3. The number of ether oxygens (including phenoxy) is 1. The summed E-state index contributed by atoms with van der Waals surface area (Å²) in [5.74, 6) is -0.368. The first-order valence-electron chi connectivity index (χ1n) is 7.96. The van der Waals surface area contributed by atoms with E-state index in [4.69, 9.17) is 4.74 Å². The molecule has 6 heteroatoms. The number of methoxy groups -OCH3 is 1. The predicted molar refractivity (Wildman–Crippen MR) is 107 cm³/mol. The summed E-state index contributed by atoms with van der Waals surface area (Å²) in [6.45, 7) is 3.15.